The molecule has 17 heavy (non-hydrogen) atoms. The predicted molar refractivity (Wildman–Crippen MR) is 69.3 cm³/mol. The fourth-order valence-corrected chi connectivity index (χ4v) is 3.53. The lowest BCUT2D eigenvalue weighted by molar-refractivity contribution is 0.0409. The molecule has 0 saturated heterocycles. The molecule has 1 aliphatic heterocycles. The number of rotatable bonds is 2. The third kappa shape index (κ3) is 1.95. The van der Waals surface area contributed by atoms with Crippen molar-refractivity contribution in [3.8, 4) is 5.75 Å². The zero-order valence-electron chi connectivity index (χ0n) is 10.3. The number of hydrogen-bond acceptors (Lipinski definition) is 2. The molecule has 2 aliphatic rings. The van der Waals surface area contributed by atoms with E-state index < -0.39 is 0 Å². The van der Waals surface area contributed by atoms with E-state index in [0.29, 0.717) is 5.92 Å². The van der Waals surface area contributed by atoms with E-state index >= 15 is 0 Å². The van der Waals surface area contributed by atoms with Crippen LogP contribution in [0.25, 0.3) is 0 Å². The number of ether oxygens (including phenoxy) is 1. The summed E-state index contributed by atoms with van der Waals surface area (Å²) in [6.07, 6.45) is 7.34. The first-order valence-electron chi connectivity index (χ1n) is 6.81. The highest BCUT2D eigenvalue weighted by atomic mass is 16.5. The maximum Gasteiger partial charge on any atom is 0.123 e. The molecule has 1 heterocycles. The van der Waals surface area contributed by atoms with E-state index in [1.54, 1.807) is 0 Å². The van der Waals surface area contributed by atoms with Gasteiger partial charge in [0.2, 0.25) is 0 Å². The molecule has 2 N–H and O–H groups in total. The van der Waals surface area contributed by atoms with Crippen LogP contribution < -0.4 is 10.5 Å². The summed E-state index contributed by atoms with van der Waals surface area (Å²) in [7, 11) is 0. The molecule has 1 aliphatic carbocycles. The Balaban J connectivity index is 1.94. The normalized spacial score (nSPS) is 25.6. The summed E-state index contributed by atoms with van der Waals surface area (Å²) in [5, 5.41) is 0. The smallest absolute Gasteiger partial charge is 0.123 e. The number of hydrogen-bond donors (Lipinski definition) is 1. The van der Waals surface area contributed by atoms with E-state index in [4.69, 9.17) is 10.5 Å². The molecule has 0 amide bonds. The van der Waals surface area contributed by atoms with Crippen LogP contribution in [0, 0.1) is 0 Å². The summed E-state index contributed by atoms with van der Waals surface area (Å²) in [5.41, 5.74) is 7.27. The van der Waals surface area contributed by atoms with Crippen molar-refractivity contribution in [3.05, 3.63) is 29.8 Å². The Morgan fingerprint density at radius 2 is 2.00 bits per heavy atom. The van der Waals surface area contributed by atoms with Gasteiger partial charge in [0, 0.05) is 0 Å². The van der Waals surface area contributed by atoms with Crippen molar-refractivity contribution in [3.63, 3.8) is 0 Å². The van der Waals surface area contributed by atoms with Crippen LogP contribution in [-0.2, 0) is 0 Å². The molecule has 1 aromatic carbocycles. The van der Waals surface area contributed by atoms with E-state index in [9.17, 15) is 0 Å². The molecule has 1 atom stereocenters. The quantitative estimate of drug-likeness (QED) is 0.848. The second-order valence-corrected chi connectivity index (χ2v) is 5.51. The van der Waals surface area contributed by atoms with Crippen molar-refractivity contribution >= 4 is 0 Å². The maximum absolute atomic E-state index is 6.32. The van der Waals surface area contributed by atoms with Gasteiger partial charge in [-0.15, -0.1) is 0 Å². The second kappa shape index (κ2) is 4.34. The number of fused-ring (bicyclic) bond motifs is 1. The summed E-state index contributed by atoms with van der Waals surface area (Å²) < 4.78 is 6.32. The van der Waals surface area contributed by atoms with Gasteiger partial charge in [0.05, 0.1) is 0 Å². The zero-order valence-corrected chi connectivity index (χ0v) is 10.3. The predicted octanol–water partition coefficient (Wildman–Crippen LogP) is 3.21. The first-order chi connectivity index (χ1) is 8.33. The summed E-state index contributed by atoms with van der Waals surface area (Å²) in [6, 6.07) is 8.51. The topological polar surface area (TPSA) is 35.2 Å². The van der Waals surface area contributed by atoms with E-state index in [0.717, 1.165) is 18.7 Å². The van der Waals surface area contributed by atoms with E-state index in [2.05, 4.69) is 24.3 Å². The van der Waals surface area contributed by atoms with E-state index in [1.165, 1.54) is 37.7 Å². The largest absolute Gasteiger partial charge is 0.487 e. The van der Waals surface area contributed by atoms with Crippen molar-refractivity contribution in [2.45, 2.75) is 50.0 Å². The van der Waals surface area contributed by atoms with Gasteiger partial charge in [-0.2, -0.15) is 0 Å². The van der Waals surface area contributed by atoms with Crippen molar-refractivity contribution in [2.24, 2.45) is 5.73 Å². The molecule has 1 aromatic rings. The van der Waals surface area contributed by atoms with Crippen molar-refractivity contribution in [2.75, 3.05) is 6.54 Å². The van der Waals surface area contributed by atoms with Gasteiger partial charge in [-0.05, 0) is 62.6 Å². The number of nitrogens with two attached hydrogens (primary N) is 1. The average Bonchev–Trinajstić information content (AvgIpc) is 2.77. The van der Waals surface area contributed by atoms with Gasteiger partial charge < -0.3 is 10.5 Å². The Bertz CT molecular complexity index is 396. The van der Waals surface area contributed by atoms with Gasteiger partial charge >= 0.3 is 0 Å². The highest BCUT2D eigenvalue weighted by Gasteiger charge is 2.42. The second-order valence-electron chi connectivity index (χ2n) is 5.51. The van der Waals surface area contributed by atoms with Crippen LogP contribution in [0.5, 0.6) is 5.75 Å². The van der Waals surface area contributed by atoms with Crippen molar-refractivity contribution in [1.29, 1.82) is 0 Å². The molecular formula is C15H21NO. The zero-order chi connectivity index (χ0) is 11.7. The number of para-hydroxylation sites is 1. The monoisotopic (exact) mass is 231 g/mol. The van der Waals surface area contributed by atoms with Crippen LogP contribution in [0.2, 0.25) is 0 Å². The third-order valence-electron chi connectivity index (χ3n) is 4.33. The molecule has 0 bridgehead atoms. The van der Waals surface area contributed by atoms with Crippen molar-refractivity contribution < 1.29 is 4.74 Å². The molecule has 0 radical (unpaired) electrons. The van der Waals surface area contributed by atoms with E-state index in [1.807, 2.05) is 0 Å². The Kier molecular flexibility index (Phi) is 2.83. The van der Waals surface area contributed by atoms with Gasteiger partial charge in [0.1, 0.15) is 11.4 Å². The Morgan fingerprint density at radius 3 is 2.76 bits per heavy atom. The first kappa shape index (κ1) is 11.1. The SMILES string of the molecule is NCCC1CC2(CCCC2)Oc2ccccc21. The van der Waals surface area contributed by atoms with Gasteiger partial charge in [-0.25, -0.2) is 0 Å². The lowest BCUT2D eigenvalue weighted by Crippen LogP contribution is -2.38. The van der Waals surface area contributed by atoms with E-state index in [-0.39, 0.29) is 5.60 Å². The van der Waals surface area contributed by atoms with Crippen LogP contribution in [0.15, 0.2) is 24.3 Å². The van der Waals surface area contributed by atoms with Gasteiger partial charge in [0.25, 0.3) is 0 Å². The van der Waals surface area contributed by atoms with Crippen molar-refractivity contribution in [1.82, 2.24) is 0 Å². The lowest BCUT2D eigenvalue weighted by atomic mass is 9.80. The van der Waals surface area contributed by atoms with Crippen LogP contribution in [0.1, 0.15) is 50.0 Å². The molecule has 92 valence electrons. The molecule has 0 aromatic heterocycles. The summed E-state index contributed by atoms with van der Waals surface area (Å²) in [5.74, 6) is 1.71. The summed E-state index contributed by atoms with van der Waals surface area (Å²) in [6.45, 7) is 0.773. The minimum atomic E-state index is 0.133. The standard InChI is InChI=1S/C15H21NO/c16-10-7-12-11-15(8-3-4-9-15)17-14-6-2-1-5-13(12)14/h1-2,5-6,12H,3-4,7-11,16H2. The van der Waals surface area contributed by atoms with Crippen LogP contribution >= 0.6 is 0 Å². The molecular weight excluding hydrogens is 210 g/mol. The van der Waals surface area contributed by atoms with Gasteiger partial charge in [-0.3, -0.25) is 0 Å². The molecule has 1 unspecified atom stereocenters. The Labute approximate surface area is 103 Å². The minimum absolute atomic E-state index is 0.133. The molecule has 2 heteroatoms. The summed E-state index contributed by atoms with van der Waals surface area (Å²) >= 11 is 0. The molecule has 1 saturated carbocycles. The van der Waals surface area contributed by atoms with Gasteiger partial charge in [-0.1, -0.05) is 18.2 Å². The number of benzene rings is 1. The fraction of sp³-hybridized carbons (Fsp3) is 0.600. The third-order valence-corrected chi connectivity index (χ3v) is 4.33. The first-order valence-corrected chi connectivity index (χ1v) is 6.81. The van der Waals surface area contributed by atoms with Crippen LogP contribution in [0.4, 0.5) is 0 Å². The highest BCUT2D eigenvalue weighted by molar-refractivity contribution is 5.39. The summed E-state index contributed by atoms with van der Waals surface area (Å²) in [4.78, 5) is 0. The molecule has 1 fully saturated rings. The molecule has 3 rings (SSSR count). The average molecular weight is 231 g/mol. The minimum Gasteiger partial charge on any atom is -0.487 e. The lowest BCUT2D eigenvalue weighted by Gasteiger charge is -2.40. The van der Waals surface area contributed by atoms with Gasteiger partial charge in [0.15, 0.2) is 0 Å². The van der Waals surface area contributed by atoms with Crippen LogP contribution in [0.3, 0.4) is 0 Å². The molecule has 1 spiro atoms. The fourth-order valence-electron chi connectivity index (χ4n) is 3.53. The van der Waals surface area contributed by atoms with Crippen LogP contribution in [-0.4, -0.2) is 12.1 Å². The maximum atomic E-state index is 6.32. The molecule has 2 nitrogen and oxygen atoms in total. The highest BCUT2D eigenvalue weighted by Crippen LogP contribution is 2.48. The Morgan fingerprint density at radius 1 is 1.24 bits per heavy atom. The Hall–Kier alpha value is -1.02.